The van der Waals surface area contributed by atoms with Crippen molar-refractivity contribution in [2.75, 3.05) is 5.32 Å². The molecule has 0 aliphatic heterocycles. The lowest BCUT2D eigenvalue weighted by atomic mass is 10.1. The summed E-state index contributed by atoms with van der Waals surface area (Å²) in [7, 11) is 0. The zero-order chi connectivity index (χ0) is 16.1. The Hall–Kier alpha value is -2.75. The molecule has 0 saturated heterocycles. The molecule has 0 aliphatic rings. The SMILES string of the molecule is Cc1ccc(-c2cc(CF)nc(NCc3ccccc3)n2)cc1. The van der Waals surface area contributed by atoms with E-state index in [0.717, 1.165) is 16.8 Å². The van der Waals surface area contributed by atoms with Gasteiger partial charge in [0.2, 0.25) is 5.95 Å². The molecule has 0 spiro atoms. The number of benzene rings is 2. The molecular formula is C19H18FN3. The fraction of sp³-hybridized carbons (Fsp3) is 0.158. The van der Waals surface area contributed by atoms with Crippen LogP contribution in [0.25, 0.3) is 11.3 Å². The van der Waals surface area contributed by atoms with Gasteiger partial charge in [-0.15, -0.1) is 0 Å². The minimum absolute atomic E-state index is 0.381. The molecule has 2 aromatic carbocycles. The lowest BCUT2D eigenvalue weighted by Gasteiger charge is -2.09. The summed E-state index contributed by atoms with van der Waals surface area (Å²) in [5.41, 5.74) is 4.36. The van der Waals surface area contributed by atoms with Crippen LogP contribution >= 0.6 is 0 Å². The molecule has 3 aromatic rings. The molecule has 4 heteroatoms. The number of aromatic nitrogens is 2. The average Bonchev–Trinajstić information content (AvgIpc) is 2.61. The average molecular weight is 307 g/mol. The Morgan fingerprint density at radius 3 is 2.39 bits per heavy atom. The summed E-state index contributed by atoms with van der Waals surface area (Å²) in [6, 6.07) is 19.7. The van der Waals surface area contributed by atoms with Crippen LogP contribution in [0, 0.1) is 6.92 Å². The topological polar surface area (TPSA) is 37.8 Å². The predicted octanol–water partition coefficient (Wildman–Crippen LogP) is 4.53. The molecule has 0 atom stereocenters. The molecular weight excluding hydrogens is 289 g/mol. The van der Waals surface area contributed by atoms with Crippen molar-refractivity contribution in [3.05, 3.63) is 77.5 Å². The maximum absolute atomic E-state index is 13.1. The van der Waals surface area contributed by atoms with Gasteiger partial charge in [-0.2, -0.15) is 0 Å². The van der Waals surface area contributed by atoms with Crippen LogP contribution < -0.4 is 5.32 Å². The molecule has 116 valence electrons. The van der Waals surface area contributed by atoms with E-state index in [2.05, 4.69) is 15.3 Å². The fourth-order valence-electron chi connectivity index (χ4n) is 2.29. The van der Waals surface area contributed by atoms with Gasteiger partial charge in [0.25, 0.3) is 0 Å². The standard InChI is InChI=1S/C19H18FN3/c1-14-7-9-16(10-8-14)18-11-17(12-20)22-19(23-18)21-13-15-5-3-2-4-6-15/h2-11H,12-13H2,1H3,(H,21,22,23). The normalized spacial score (nSPS) is 10.5. The van der Waals surface area contributed by atoms with Crippen molar-refractivity contribution in [1.82, 2.24) is 9.97 Å². The number of hydrogen-bond donors (Lipinski definition) is 1. The molecule has 0 aliphatic carbocycles. The number of nitrogens with one attached hydrogen (secondary N) is 1. The molecule has 0 unspecified atom stereocenters. The summed E-state index contributed by atoms with van der Waals surface area (Å²) < 4.78 is 13.1. The Bertz CT molecular complexity index is 770. The van der Waals surface area contributed by atoms with Crippen molar-refractivity contribution in [1.29, 1.82) is 0 Å². The Labute approximate surface area is 135 Å². The fourth-order valence-corrected chi connectivity index (χ4v) is 2.29. The number of rotatable bonds is 5. The van der Waals surface area contributed by atoms with E-state index >= 15 is 0 Å². The smallest absolute Gasteiger partial charge is 0.223 e. The summed E-state index contributed by atoms with van der Waals surface area (Å²) in [4.78, 5) is 8.72. The third-order valence-corrected chi connectivity index (χ3v) is 3.56. The number of nitrogens with zero attached hydrogens (tertiary/aromatic N) is 2. The first-order chi connectivity index (χ1) is 11.2. The highest BCUT2D eigenvalue weighted by Gasteiger charge is 2.07. The second kappa shape index (κ2) is 7.01. The van der Waals surface area contributed by atoms with Crippen LogP contribution in [-0.4, -0.2) is 9.97 Å². The van der Waals surface area contributed by atoms with Crippen LogP contribution in [0.3, 0.4) is 0 Å². The quantitative estimate of drug-likeness (QED) is 0.752. The second-order valence-electron chi connectivity index (χ2n) is 5.41. The molecule has 1 aromatic heterocycles. The number of hydrogen-bond acceptors (Lipinski definition) is 3. The maximum atomic E-state index is 13.1. The van der Waals surface area contributed by atoms with Gasteiger partial charge in [-0.05, 0) is 18.6 Å². The van der Waals surface area contributed by atoms with Gasteiger partial charge < -0.3 is 5.32 Å². The molecule has 1 heterocycles. The van der Waals surface area contributed by atoms with Crippen molar-refractivity contribution < 1.29 is 4.39 Å². The van der Waals surface area contributed by atoms with Crippen LogP contribution in [0.4, 0.5) is 10.3 Å². The zero-order valence-corrected chi connectivity index (χ0v) is 13.0. The van der Waals surface area contributed by atoms with Gasteiger partial charge in [-0.1, -0.05) is 60.2 Å². The van der Waals surface area contributed by atoms with Crippen molar-refractivity contribution >= 4 is 5.95 Å². The van der Waals surface area contributed by atoms with Crippen LogP contribution in [-0.2, 0) is 13.2 Å². The first-order valence-electron chi connectivity index (χ1n) is 7.53. The lowest BCUT2D eigenvalue weighted by Crippen LogP contribution is -2.06. The highest BCUT2D eigenvalue weighted by Crippen LogP contribution is 2.20. The van der Waals surface area contributed by atoms with Gasteiger partial charge in [0.1, 0.15) is 6.67 Å². The molecule has 0 amide bonds. The molecule has 3 rings (SSSR count). The van der Waals surface area contributed by atoms with Gasteiger partial charge >= 0.3 is 0 Å². The molecule has 1 N–H and O–H groups in total. The maximum Gasteiger partial charge on any atom is 0.223 e. The Morgan fingerprint density at radius 2 is 1.70 bits per heavy atom. The zero-order valence-electron chi connectivity index (χ0n) is 13.0. The van der Waals surface area contributed by atoms with E-state index in [-0.39, 0.29) is 0 Å². The van der Waals surface area contributed by atoms with E-state index in [9.17, 15) is 4.39 Å². The number of halogens is 1. The molecule has 0 fully saturated rings. The molecule has 0 saturated carbocycles. The van der Waals surface area contributed by atoms with Gasteiger partial charge in [0, 0.05) is 12.1 Å². The Balaban J connectivity index is 1.85. The van der Waals surface area contributed by atoms with Crippen molar-refractivity contribution in [3.63, 3.8) is 0 Å². The van der Waals surface area contributed by atoms with Crippen LogP contribution in [0.15, 0.2) is 60.7 Å². The third-order valence-electron chi connectivity index (χ3n) is 3.56. The largest absolute Gasteiger partial charge is 0.350 e. The van der Waals surface area contributed by atoms with E-state index in [0.29, 0.717) is 18.2 Å². The lowest BCUT2D eigenvalue weighted by molar-refractivity contribution is 0.476. The number of alkyl halides is 1. The summed E-state index contributed by atoms with van der Waals surface area (Å²) >= 11 is 0. The van der Waals surface area contributed by atoms with Gasteiger partial charge in [0.15, 0.2) is 0 Å². The summed E-state index contributed by atoms with van der Waals surface area (Å²) in [5, 5.41) is 3.17. The first kappa shape index (κ1) is 15.2. The van der Waals surface area contributed by atoms with Crippen molar-refractivity contribution in [2.24, 2.45) is 0 Å². The second-order valence-corrected chi connectivity index (χ2v) is 5.41. The van der Waals surface area contributed by atoms with Crippen LogP contribution in [0.2, 0.25) is 0 Å². The Kier molecular flexibility index (Phi) is 4.62. The van der Waals surface area contributed by atoms with Crippen molar-refractivity contribution in [2.45, 2.75) is 20.1 Å². The minimum Gasteiger partial charge on any atom is -0.350 e. The molecule has 23 heavy (non-hydrogen) atoms. The summed E-state index contributed by atoms with van der Waals surface area (Å²) in [6.45, 7) is 2.02. The highest BCUT2D eigenvalue weighted by molar-refractivity contribution is 5.61. The first-order valence-corrected chi connectivity index (χ1v) is 7.53. The van der Waals surface area contributed by atoms with Crippen LogP contribution in [0.5, 0.6) is 0 Å². The van der Waals surface area contributed by atoms with Gasteiger partial charge in [0.05, 0.1) is 11.4 Å². The molecule has 3 nitrogen and oxygen atoms in total. The van der Waals surface area contributed by atoms with E-state index in [1.54, 1.807) is 6.07 Å². The number of aryl methyl sites for hydroxylation is 1. The molecule has 0 radical (unpaired) electrons. The van der Waals surface area contributed by atoms with E-state index in [4.69, 9.17) is 0 Å². The molecule has 0 bridgehead atoms. The Morgan fingerprint density at radius 1 is 0.957 bits per heavy atom. The summed E-state index contributed by atoms with van der Waals surface area (Å²) in [6.07, 6.45) is 0. The van der Waals surface area contributed by atoms with E-state index in [1.807, 2.05) is 61.5 Å². The predicted molar refractivity (Wildman–Crippen MR) is 90.8 cm³/mol. The minimum atomic E-state index is -0.610. The number of anilines is 1. The highest BCUT2D eigenvalue weighted by atomic mass is 19.1. The van der Waals surface area contributed by atoms with Gasteiger partial charge in [-0.25, -0.2) is 14.4 Å². The van der Waals surface area contributed by atoms with Gasteiger partial charge in [-0.3, -0.25) is 0 Å². The monoisotopic (exact) mass is 307 g/mol. The summed E-state index contributed by atoms with van der Waals surface area (Å²) in [5.74, 6) is 0.444. The third kappa shape index (κ3) is 3.92. The van der Waals surface area contributed by atoms with Crippen molar-refractivity contribution in [3.8, 4) is 11.3 Å². The van der Waals surface area contributed by atoms with Crippen LogP contribution in [0.1, 0.15) is 16.8 Å². The van der Waals surface area contributed by atoms with E-state index < -0.39 is 6.67 Å². The van der Waals surface area contributed by atoms with E-state index in [1.165, 1.54) is 5.56 Å².